The number of ether oxygens (including phenoxy) is 2. The summed E-state index contributed by atoms with van der Waals surface area (Å²) in [6.45, 7) is 1.37. The molecule has 5 heteroatoms. The molecular formula is C16H24N2O3. The van der Waals surface area contributed by atoms with Gasteiger partial charge < -0.3 is 20.1 Å². The highest BCUT2D eigenvalue weighted by Crippen LogP contribution is 2.25. The molecule has 0 bridgehead atoms. The van der Waals surface area contributed by atoms with Gasteiger partial charge in [-0.15, -0.1) is 0 Å². The van der Waals surface area contributed by atoms with Gasteiger partial charge in [-0.2, -0.15) is 0 Å². The molecule has 2 rings (SSSR count). The number of rotatable bonds is 6. The maximum Gasteiger partial charge on any atom is 0.338 e. The van der Waals surface area contributed by atoms with Crippen molar-refractivity contribution < 1.29 is 14.3 Å². The molecule has 1 aliphatic carbocycles. The van der Waals surface area contributed by atoms with Crippen molar-refractivity contribution in [3.05, 3.63) is 23.8 Å². The molecule has 0 spiro atoms. The first-order valence-electron chi connectivity index (χ1n) is 7.44. The van der Waals surface area contributed by atoms with E-state index in [4.69, 9.17) is 15.2 Å². The number of likely N-dealkylation sites (N-methyl/N-ethyl adjacent to an activating group) is 1. The molecular weight excluding hydrogens is 268 g/mol. The van der Waals surface area contributed by atoms with Crippen molar-refractivity contribution in [2.75, 3.05) is 33.0 Å². The number of esters is 1. The van der Waals surface area contributed by atoms with Crippen LogP contribution in [0.2, 0.25) is 0 Å². The number of hydrogen-bond acceptors (Lipinski definition) is 5. The van der Waals surface area contributed by atoms with Crippen molar-refractivity contribution >= 4 is 11.7 Å². The first-order valence-corrected chi connectivity index (χ1v) is 7.44. The van der Waals surface area contributed by atoms with E-state index in [1.165, 1.54) is 0 Å². The molecule has 0 saturated heterocycles. The maximum absolute atomic E-state index is 12.0. The van der Waals surface area contributed by atoms with Gasteiger partial charge >= 0.3 is 5.97 Å². The highest BCUT2D eigenvalue weighted by molar-refractivity contribution is 5.91. The molecule has 0 atom stereocenters. The van der Waals surface area contributed by atoms with Crippen LogP contribution in [0, 0.1) is 0 Å². The van der Waals surface area contributed by atoms with E-state index in [2.05, 4.69) is 0 Å². The van der Waals surface area contributed by atoms with Crippen molar-refractivity contribution in [1.29, 1.82) is 0 Å². The average molecular weight is 292 g/mol. The molecule has 0 radical (unpaired) electrons. The third-order valence-corrected chi connectivity index (χ3v) is 3.62. The number of hydrogen-bond donors (Lipinski definition) is 1. The smallest absolute Gasteiger partial charge is 0.338 e. The Balaban J connectivity index is 1.92. The van der Waals surface area contributed by atoms with Crippen LogP contribution in [0.25, 0.3) is 0 Å². The van der Waals surface area contributed by atoms with Crippen LogP contribution in [0.3, 0.4) is 0 Å². The lowest BCUT2D eigenvalue weighted by molar-refractivity contribution is 0.0318. The molecule has 0 unspecified atom stereocenters. The minimum atomic E-state index is -0.298. The van der Waals surface area contributed by atoms with E-state index in [1.807, 2.05) is 19.0 Å². The minimum Gasteiger partial charge on any atom is -0.490 e. The second-order valence-electron chi connectivity index (χ2n) is 5.72. The van der Waals surface area contributed by atoms with E-state index in [9.17, 15) is 4.79 Å². The van der Waals surface area contributed by atoms with E-state index in [-0.39, 0.29) is 12.1 Å². The second-order valence-corrected chi connectivity index (χ2v) is 5.72. The van der Waals surface area contributed by atoms with Crippen LogP contribution in [0.1, 0.15) is 36.0 Å². The molecule has 1 saturated carbocycles. The zero-order valence-electron chi connectivity index (χ0n) is 12.8. The van der Waals surface area contributed by atoms with Gasteiger partial charge in [-0.3, -0.25) is 0 Å². The summed E-state index contributed by atoms with van der Waals surface area (Å²) in [6.07, 6.45) is 4.27. The van der Waals surface area contributed by atoms with Crippen molar-refractivity contribution in [1.82, 2.24) is 4.90 Å². The van der Waals surface area contributed by atoms with Crippen molar-refractivity contribution in [2.24, 2.45) is 0 Å². The topological polar surface area (TPSA) is 64.8 Å². The molecule has 0 aromatic heterocycles. The zero-order valence-corrected chi connectivity index (χ0v) is 12.8. The zero-order chi connectivity index (χ0) is 15.2. The Labute approximate surface area is 126 Å². The lowest BCUT2D eigenvalue weighted by Gasteiger charge is -2.14. The fourth-order valence-corrected chi connectivity index (χ4v) is 2.37. The molecule has 5 nitrogen and oxygen atoms in total. The quantitative estimate of drug-likeness (QED) is 0.644. The monoisotopic (exact) mass is 292 g/mol. The summed E-state index contributed by atoms with van der Waals surface area (Å²) in [5, 5.41) is 0. The van der Waals surface area contributed by atoms with Crippen LogP contribution in [0.4, 0.5) is 5.69 Å². The number of nitrogens with two attached hydrogens (primary N) is 1. The molecule has 21 heavy (non-hydrogen) atoms. The Morgan fingerprint density at radius 1 is 1.33 bits per heavy atom. The lowest BCUT2D eigenvalue weighted by atomic mass is 10.2. The van der Waals surface area contributed by atoms with Gasteiger partial charge in [0.25, 0.3) is 0 Å². The highest BCUT2D eigenvalue weighted by atomic mass is 16.5. The summed E-state index contributed by atoms with van der Waals surface area (Å²) in [4.78, 5) is 14.1. The standard InChI is InChI=1S/C16H24N2O3/c1-18(2)9-10-20-15-8-7-12(11-14(15)17)16(19)21-13-5-3-4-6-13/h7-8,11,13H,3-6,9-10,17H2,1-2H3. The Morgan fingerprint density at radius 2 is 2.05 bits per heavy atom. The predicted octanol–water partition coefficient (Wildman–Crippen LogP) is 2.31. The Kier molecular flexibility index (Phi) is 5.44. The number of carbonyl (C=O) groups excluding carboxylic acids is 1. The molecule has 0 heterocycles. The number of carbonyl (C=O) groups is 1. The molecule has 2 N–H and O–H groups in total. The summed E-state index contributed by atoms with van der Waals surface area (Å²) in [5.41, 5.74) is 6.89. The number of benzene rings is 1. The van der Waals surface area contributed by atoms with Gasteiger partial charge in [0.05, 0.1) is 11.3 Å². The summed E-state index contributed by atoms with van der Waals surface area (Å²) in [5.74, 6) is 0.308. The van der Waals surface area contributed by atoms with Gasteiger partial charge in [0.15, 0.2) is 0 Å². The summed E-state index contributed by atoms with van der Waals surface area (Å²) >= 11 is 0. The lowest BCUT2D eigenvalue weighted by Crippen LogP contribution is -2.20. The molecule has 1 aromatic carbocycles. The van der Waals surface area contributed by atoms with Gasteiger partial charge in [-0.1, -0.05) is 0 Å². The molecule has 1 aliphatic rings. The normalized spacial score (nSPS) is 15.4. The Morgan fingerprint density at radius 3 is 2.67 bits per heavy atom. The van der Waals surface area contributed by atoms with Gasteiger partial charge in [-0.05, 0) is 58.0 Å². The van der Waals surface area contributed by atoms with Crippen LogP contribution >= 0.6 is 0 Å². The summed E-state index contributed by atoms with van der Waals surface area (Å²) in [6, 6.07) is 5.07. The highest BCUT2D eigenvalue weighted by Gasteiger charge is 2.20. The summed E-state index contributed by atoms with van der Waals surface area (Å²) in [7, 11) is 3.96. The van der Waals surface area contributed by atoms with Crippen LogP contribution in [-0.4, -0.2) is 44.2 Å². The third kappa shape index (κ3) is 4.63. The van der Waals surface area contributed by atoms with E-state index in [0.29, 0.717) is 23.6 Å². The van der Waals surface area contributed by atoms with Crippen LogP contribution in [0.5, 0.6) is 5.75 Å². The second kappa shape index (κ2) is 7.31. The SMILES string of the molecule is CN(C)CCOc1ccc(C(=O)OC2CCCC2)cc1N. The number of anilines is 1. The Bertz CT molecular complexity index is 482. The van der Waals surface area contributed by atoms with Gasteiger partial charge in [0.2, 0.25) is 0 Å². The predicted molar refractivity (Wildman–Crippen MR) is 82.6 cm³/mol. The largest absolute Gasteiger partial charge is 0.490 e. The third-order valence-electron chi connectivity index (χ3n) is 3.62. The van der Waals surface area contributed by atoms with E-state index >= 15 is 0 Å². The first-order chi connectivity index (χ1) is 10.1. The number of nitrogens with zero attached hydrogens (tertiary/aromatic N) is 1. The minimum absolute atomic E-state index is 0.0646. The molecule has 1 aromatic rings. The fraction of sp³-hybridized carbons (Fsp3) is 0.562. The van der Waals surface area contributed by atoms with Crippen molar-refractivity contribution in [3.8, 4) is 5.75 Å². The molecule has 0 aliphatic heterocycles. The van der Waals surface area contributed by atoms with Crippen molar-refractivity contribution in [3.63, 3.8) is 0 Å². The first kappa shape index (κ1) is 15.6. The molecule has 0 amide bonds. The average Bonchev–Trinajstić information content (AvgIpc) is 2.93. The van der Waals surface area contributed by atoms with Crippen LogP contribution in [-0.2, 0) is 4.74 Å². The van der Waals surface area contributed by atoms with Crippen molar-refractivity contribution in [2.45, 2.75) is 31.8 Å². The fourth-order valence-electron chi connectivity index (χ4n) is 2.37. The maximum atomic E-state index is 12.0. The molecule has 116 valence electrons. The van der Waals surface area contributed by atoms with E-state index in [0.717, 1.165) is 32.2 Å². The van der Waals surface area contributed by atoms with E-state index in [1.54, 1.807) is 18.2 Å². The van der Waals surface area contributed by atoms with Gasteiger partial charge in [0, 0.05) is 6.54 Å². The Hall–Kier alpha value is -1.75. The van der Waals surface area contributed by atoms with Gasteiger partial charge in [-0.25, -0.2) is 4.79 Å². The van der Waals surface area contributed by atoms with Gasteiger partial charge in [0.1, 0.15) is 18.5 Å². The van der Waals surface area contributed by atoms with Crippen LogP contribution < -0.4 is 10.5 Å². The molecule has 1 fully saturated rings. The van der Waals surface area contributed by atoms with Crippen LogP contribution in [0.15, 0.2) is 18.2 Å². The van der Waals surface area contributed by atoms with E-state index < -0.39 is 0 Å². The summed E-state index contributed by atoms with van der Waals surface area (Å²) < 4.78 is 11.1. The number of nitrogen functional groups attached to an aromatic ring is 1.